The van der Waals surface area contributed by atoms with Crippen molar-refractivity contribution in [3.63, 3.8) is 0 Å². The Morgan fingerprint density at radius 1 is 1.41 bits per heavy atom. The van der Waals surface area contributed by atoms with E-state index in [4.69, 9.17) is 0 Å². The van der Waals surface area contributed by atoms with Crippen molar-refractivity contribution < 1.29 is 18.4 Å². The van der Waals surface area contributed by atoms with Crippen molar-refractivity contribution in [2.24, 2.45) is 0 Å². The Hall–Kier alpha value is -1.47. The van der Waals surface area contributed by atoms with Crippen LogP contribution in [0.15, 0.2) is 24.3 Å². The lowest BCUT2D eigenvalue weighted by atomic mass is 10.1. The van der Waals surface area contributed by atoms with Crippen LogP contribution in [-0.4, -0.2) is 30.0 Å². The Kier molecular flexibility index (Phi) is 3.84. The molecule has 0 aliphatic carbocycles. The first-order chi connectivity index (χ1) is 7.73. The average molecular weight is 259 g/mol. The van der Waals surface area contributed by atoms with E-state index in [0.717, 1.165) is 6.26 Å². The Morgan fingerprint density at radius 3 is 2.47 bits per heavy atom. The minimum absolute atomic E-state index is 0.178. The fraction of sp³-hybridized carbons (Fsp3) is 0.400. The standard InChI is InChI=1S/C10H13NO5S/c1-7(17(2,15)16)10(12)8-4-3-5-9(6-8)11(13)14/h3-7,10,12H,1-2H3. The molecule has 1 rings (SSSR count). The lowest BCUT2D eigenvalue weighted by Gasteiger charge is -2.17. The number of benzene rings is 1. The second-order valence-electron chi connectivity index (χ2n) is 3.83. The molecule has 1 aromatic rings. The average Bonchev–Trinajstić information content (AvgIpc) is 2.26. The van der Waals surface area contributed by atoms with Crippen molar-refractivity contribution in [3.8, 4) is 0 Å². The van der Waals surface area contributed by atoms with Crippen LogP contribution in [0.25, 0.3) is 0 Å². The van der Waals surface area contributed by atoms with Gasteiger partial charge in [-0.25, -0.2) is 8.42 Å². The van der Waals surface area contributed by atoms with E-state index in [1.165, 1.54) is 31.2 Å². The van der Waals surface area contributed by atoms with Gasteiger partial charge in [0.05, 0.1) is 16.3 Å². The van der Waals surface area contributed by atoms with Crippen LogP contribution < -0.4 is 0 Å². The summed E-state index contributed by atoms with van der Waals surface area (Å²) in [6, 6.07) is 5.32. The minimum Gasteiger partial charge on any atom is -0.387 e. The quantitative estimate of drug-likeness (QED) is 0.644. The third-order valence-corrected chi connectivity index (χ3v) is 4.15. The molecule has 94 valence electrons. The highest BCUT2D eigenvalue weighted by Gasteiger charge is 2.26. The van der Waals surface area contributed by atoms with Crippen LogP contribution in [-0.2, 0) is 9.84 Å². The van der Waals surface area contributed by atoms with E-state index < -0.39 is 26.1 Å². The van der Waals surface area contributed by atoms with Crippen LogP contribution in [0.5, 0.6) is 0 Å². The number of nitro benzene ring substituents is 1. The van der Waals surface area contributed by atoms with Gasteiger partial charge in [-0.15, -0.1) is 0 Å². The topological polar surface area (TPSA) is 97.5 Å². The van der Waals surface area contributed by atoms with Crippen LogP contribution in [0, 0.1) is 10.1 Å². The molecular formula is C10H13NO5S. The third kappa shape index (κ3) is 3.24. The zero-order valence-electron chi connectivity index (χ0n) is 9.40. The predicted molar refractivity (Wildman–Crippen MR) is 62.4 cm³/mol. The smallest absolute Gasteiger partial charge is 0.269 e. The molecule has 2 atom stereocenters. The molecule has 2 unspecified atom stereocenters. The summed E-state index contributed by atoms with van der Waals surface area (Å²) >= 11 is 0. The molecule has 1 N–H and O–H groups in total. The molecule has 0 amide bonds. The monoisotopic (exact) mass is 259 g/mol. The first-order valence-electron chi connectivity index (χ1n) is 4.84. The Morgan fingerprint density at radius 2 is 2.00 bits per heavy atom. The molecule has 1 aromatic carbocycles. The van der Waals surface area contributed by atoms with Crippen LogP contribution in [0.1, 0.15) is 18.6 Å². The molecule has 0 fully saturated rings. The van der Waals surface area contributed by atoms with Crippen LogP contribution in [0.4, 0.5) is 5.69 Å². The summed E-state index contributed by atoms with van der Waals surface area (Å²) in [7, 11) is -3.40. The van der Waals surface area contributed by atoms with Crippen LogP contribution >= 0.6 is 0 Å². The lowest BCUT2D eigenvalue weighted by Crippen LogP contribution is -2.24. The molecule has 17 heavy (non-hydrogen) atoms. The van der Waals surface area contributed by atoms with Crippen molar-refractivity contribution in [1.29, 1.82) is 0 Å². The van der Waals surface area contributed by atoms with Gasteiger partial charge in [0.25, 0.3) is 5.69 Å². The second-order valence-corrected chi connectivity index (χ2v) is 6.23. The highest BCUT2D eigenvalue weighted by molar-refractivity contribution is 7.91. The largest absolute Gasteiger partial charge is 0.387 e. The number of nitro groups is 1. The second kappa shape index (κ2) is 4.80. The number of non-ortho nitro benzene ring substituents is 1. The van der Waals surface area contributed by atoms with E-state index in [9.17, 15) is 23.6 Å². The number of nitrogens with zero attached hydrogens (tertiary/aromatic N) is 1. The van der Waals surface area contributed by atoms with E-state index in [2.05, 4.69) is 0 Å². The summed E-state index contributed by atoms with van der Waals surface area (Å²) in [5, 5.41) is 19.4. The molecule has 0 spiro atoms. The minimum atomic E-state index is -3.40. The van der Waals surface area contributed by atoms with Gasteiger partial charge in [0.2, 0.25) is 0 Å². The predicted octanol–water partition coefficient (Wildman–Crippen LogP) is 1.06. The summed E-state index contributed by atoms with van der Waals surface area (Å²) in [4.78, 5) is 9.95. The Balaban J connectivity index is 3.09. The van der Waals surface area contributed by atoms with Gasteiger partial charge in [-0.05, 0) is 12.5 Å². The van der Waals surface area contributed by atoms with Gasteiger partial charge in [-0.1, -0.05) is 12.1 Å². The number of hydrogen-bond acceptors (Lipinski definition) is 5. The summed E-state index contributed by atoms with van der Waals surface area (Å²) in [5.41, 5.74) is 0.0411. The van der Waals surface area contributed by atoms with Gasteiger partial charge in [0, 0.05) is 18.4 Å². The van der Waals surface area contributed by atoms with Gasteiger partial charge in [-0.3, -0.25) is 10.1 Å². The molecule has 0 saturated heterocycles. The van der Waals surface area contributed by atoms with Crippen molar-refractivity contribution in [3.05, 3.63) is 39.9 Å². The number of rotatable bonds is 4. The van der Waals surface area contributed by atoms with E-state index >= 15 is 0 Å². The molecule has 0 aliphatic heterocycles. The van der Waals surface area contributed by atoms with Crippen LogP contribution in [0.2, 0.25) is 0 Å². The summed E-state index contributed by atoms with van der Waals surface area (Å²) in [5.74, 6) is 0. The number of aliphatic hydroxyl groups is 1. The van der Waals surface area contributed by atoms with Crippen molar-refractivity contribution in [2.75, 3.05) is 6.26 Å². The third-order valence-electron chi connectivity index (χ3n) is 2.54. The van der Waals surface area contributed by atoms with Crippen molar-refractivity contribution in [2.45, 2.75) is 18.3 Å². The summed E-state index contributed by atoms with van der Waals surface area (Å²) in [6.07, 6.45) is -0.261. The first-order valence-corrected chi connectivity index (χ1v) is 6.80. The van der Waals surface area contributed by atoms with E-state index in [0.29, 0.717) is 0 Å². The highest BCUT2D eigenvalue weighted by Crippen LogP contribution is 2.24. The molecule has 0 radical (unpaired) electrons. The normalized spacial score (nSPS) is 15.2. The molecular weight excluding hydrogens is 246 g/mol. The molecule has 0 bridgehead atoms. The zero-order chi connectivity index (χ0) is 13.2. The maximum atomic E-state index is 11.3. The van der Waals surface area contributed by atoms with Gasteiger partial charge in [0.15, 0.2) is 9.84 Å². The van der Waals surface area contributed by atoms with Gasteiger partial charge in [0.1, 0.15) is 0 Å². The van der Waals surface area contributed by atoms with Gasteiger partial charge >= 0.3 is 0 Å². The van der Waals surface area contributed by atoms with E-state index in [1.807, 2.05) is 0 Å². The fourth-order valence-corrected chi connectivity index (χ4v) is 1.95. The fourth-order valence-electron chi connectivity index (χ4n) is 1.33. The number of sulfone groups is 1. The number of aliphatic hydroxyl groups excluding tert-OH is 1. The van der Waals surface area contributed by atoms with E-state index in [-0.39, 0.29) is 11.3 Å². The zero-order valence-corrected chi connectivity index (χ0v) is 10.2. The SMILES string of the molecule is CC(C(O)c1cccc([N+](=O)[O-])c1)S(C)(=O)=O. The molecule has 0 aliphatic rings. The molecule has 0 aromatic heterocycles. The first kappa shape index (κ1) is 13.6. The number of hydrogen-bond donors (Lipinski definition) is 1. The summed E-state index contributed by atoms with van der Waals surface area (Å²) < 4.78 is 22.5. The maximum absolute atomic E-state index is 11.3. The van der Waals surface area contributed by atoms with Crippen molar-refractivity contribution in [1.82, 2.24) is 0 Å². The maximum Gasteiger partial charge on any atom is 0.269 e. The Labute approximate surface area is 99.0 Å². The lowest BCUT2D eigenvalue weighted by molar-refractivity contribution is -0.385. The molecule has 0 saturated carbocycles. The molecule has 0 heterocycles. The van der Waals surface area contributed by atoms with Crippen LogP contribution in [0.3, 0.4) is 0 Å². The van der Waals surface area contributed by atoms with Crippen molar-refractivity contribution >= 4 is 15.5 Å². The van der Waals surface area contributed by atoms with Gasteiger partial charge in [-0.2, -0.15) is 0 Å². The van der Waals surface area contributed by atoms with Gasteiger partial charge < -0.3 is 5.11 Å². The van der Waals surface area contributed by atoms with E-state index in [1.54, 1.807) is 0 Å². The molecule has 6 nitrogen and oxygen atoms in total. The molecule has 7 heteroatoms. The Bertz CT molecular complexity index is 525. The summed E-state index contributed by atoms with van der Waals surface area (Å²) in [6.45, 7) is 1.36. The highest BCUT2D eigenvalue weighted by atomic mass is 32.2.